The average Bonchev–Trinajstić information content (AvgIpc) is 1.84. The SMILES string of the molecule is CN/C(C)=C(\C)NC. The second-order valence-corrected chi connectivity index (χ2v) is 1.75. The fourth-order valence-corrected chi connectivity index (χ4v) is 0.375. The van der Waals surface area contributed by atoms with Gasteiger partial charge in [0.15, 0.2) is 0 Å². The van der Waals surface area contributed by atoms with Gasteiger partial charge in [0, 0.05) is 25.5 Å². The molecule has 0 saturated heterocycles. The highest BCUT2D eigenvalue weighted by molar-refractivity contribution is 5.03. The van der Waals surface area contributed by atoms with E-state index in [2.05, 4.69) is 10.6 Å². The molecule has 0 unspecified atom stereocenters. The number of rotatable bonds is 2. The summed E-state index contributed by atoms with van der Waals surface area (Å²) in [4.78, 5) is 0. The summed E-state index contributed by atoms with van der Waals surface area (Å²) in [6.45, 7) is 4.07. The van der Waals surface area contributed by atoms with Gasteiger partial charge in [0.25, 0.3) is 0 Å². The minimum absolute atomic E-state index is 1.19. The van der Waals surface area contributed by atoms with Crippen LogP contribution in [0.2, 0.25) is 0 Å². The Bertz CT molecular complexity index is 82.7. The zero-order chi connectivity index (χ0) is 6.57. The van der Waals surface area contributed by atoms with Gasteiger partial charge in [0.05, 0.1) is 0 Å². The van der Waals surface area contributed by atoms with Crippen LogP contribution in [-0.4, -0.2) is 14.1 Å². The molecule has 0 atom stereocenters. The summed E-state index contributed by atoms with van der Waals surface area (Å²) in [5, 5.41) is 6.07. The molecule has 0 aliphatic rings. The van der Waals surface area contributed by atoms with E-state index in [1.54, 1.807) is 0 Å². The summed E-state index contributed by atoms with van der Waals surface area (Å²) < 4.78 is 0. The van der Waals surface area contributed by atoms with Crippen molar-refractivity contribution in [2.24, 2.45) is 0 Å². The molecule has 0 heterocycles. The van der Waals surface area contributed by atoms with Gasteiger partial charge in [-0.15, -0.1) is 0 Å². The van der Waals surface area contributed by atoms with Crippen molar-refractivity contribution in [1.29, 1.82) is 0 Å². The van der Waals surface area contributed by atoms with Crippen LogP contribution in [0.1, 0.15) is 13.8 Å². The molecule has 0 bridgehead atoms. The lowest BCUT2D eigenvalue weighted by Gasteiger charge is -2.04. The Labute approximate surface area is 51.0 Å². The quantitative estimate of drug-likeness (QED) is 0.551. The standard InChI is InChI=1S/C6H14N2/c1-5(7-3)6(2)8-4/h7-8H,1-4H3/b6-5+. The van der Waals surface area contributed by atoms with Crippen molar-refractivity contribution >= 4 is 0 Å². The molecule has 0 aromatic carbocycles. The first-order chi connectivity index (χ1) is 3.72. The van der Waals surface area contributed by atoms with Crippen LogP contribution in [0.4, 0.5) is 0 Å². The van der Waals surface area contributed by atoms with Gasteiger partial charge < -0.3 is 10.6 Å². The third kappa shape index (κ3) is 1.87. The van der Waals surface area contributed by atoms with E-state index in [0.717, 1.165) is 0 Å². The topological polar surface area (TPSA) is 24.1 Å². The van der Waals surface area contributed by atoms with Gasteiger partial charge in [-0.25, -0.2) is 0 Å². The summed E-state index contributed by atoms with van der Waals surface area (Å²) in [6.07, 6.45) is 0. The zero-order valence-corrected chi connectivity index (χ0v) is 6.00. The van der Waals surface area contributed by atoms with Crippen molar-refractivity contribution in [3.8, 4) is 0 Å². The summed E-state index contributed by atoms with van der Waals surface area (Å²) in [7, 11) is 3.83. The first-order valence-corrected chi connectivity index (χ1v) is 2.75. The second-order valence-electron chi connectivity index (χ2n) is 1.75. The highest BCUT2D eigenvalue weighted by Gasteiger charge is 1.86. The predicted octanol–water partition coefficient (Wildman–Crippen LogP) is 0.677. The molecule has 8 heavy (non-hydrogen) atoms. The molecule has 0 rings (SSSR count). The number of allylic oxidation sites excluding steroid dienone is 2. The maximum Gasteiger partial charge on any atom is 0.0262 e. The lowest BCUT2D eigenvalue weighted by molar-refractivity contribution is 0.879. The Morgan fingerprint density at radius 3 is 1.25 bits per heavy atom. The minimum Gasteiger partial charge on any atom is -0.390 e. The lowest BCUT2D eigenvalue weighted by Crippen LogP contribution is -2.12. The van der Waals surface area contributed by atoms with Crippen LogP contribution in [0.3, 0.4) is 0 Å². The van der Waals surface area contributed by atoms with E-state index < -0.39 is 0 Å². The molecule has 0 aliphatic heterocycles. The fourth-order valence-electron chi connectivity index (χ4n) is 0.375. The smallest absolute Gasteiger partial charge is 0.0262 e. The van der Waals surface area contributed by atoms with E-state index in [4.69, 9.17) is 0 Å². The van der Waals surface area contributed by atoms with Gasteiger partial charge >= 0.3 is 0 Å². The molecule has 0 amide bonds. The second kappa shape index (κ2) is 3.36. The van der Waals surface area contributed by atoms with Crippen LogP contribution in [-0.2, 0) is 0 Å². The summed E-state index contributed by atoms with van der Waals surface area (Å²) in [6, 6.07) is 0. The van der Waals surface area contributed by atoms with Crippen LogP contribution >= 0.6 is 0 Å². The van der Waals surface area contributed by atoms with E-state index in [-0.39, 0.29) is 0 Å². The Balaban J connectivity index is 3.83. The Kier molecular flexibility index (Phi) is 3.08. The van der Waals surface area contributed by atoms with E-state index >= 15 is 0 Å². The van der Waals surface area contributed by atoms with Crippen molar-refractivity contribution < 1.29 is 0 Å². The Hall–Kier alpha value is -0.660. The van der Waals surface area contributed by atoms with Gasteiger partial charge in [-0.1, -0.05) is 0 Å². The Morgan fingerprint density at radius 1 is 0.875 bits per heavy atom. The number of hydrogen-bond donors (Lipinski definition) is 2. The van der Waals surface area contributed by atoms with Gasteiger partial charge in [0.1, 0.15) is 0 Å². The highest BCUT2D eigenvalue weighted by atomic mass is 14.9. The molecule has 0 saturated carbocycles. The van der Waals surface area contributed by atoms with Crippen molar-refractivity contribution in [2.75, 3.05) is 14.1 Å². The predicted molar refractivity (Wildman–Crippen MR) is 36.5 cm³/mol. The van der Waals surface area contributed by atoms with Crippen LogP contribution in [0.15, 0.2) is 11.4 Å². The van der Waals surface area contributed by atoms with Crippen LogP contribution in [0.25, 0.3) is 0 Å². The highest BCUT2D eigenvalue weighted by Crippen LogP contribution is 1.90. The van der Waals surface area contributed by atoms with Crippen LogP contribution in [0, 0.1) is 0 Å². The van der Waals surface area contributed by atoms with E-state index in [9.17, 15) is 0 Å². The first-order valence-electron chi connectivity index (χ1n) is 2.75. The van der Waals surface area contributed by atoms with E-state index in [1.165, 1.54) is 11.4 Å². The first kappa shape index (κ1) is 7.34. The lowest BCUT2D eigenvalue weighted by atomic mass is 10.4. The molecule has 0 aromatic heterocycles. The average molecular weight is 114 g/mol. The normalized spacial score (nSPS) is 12.5. The molecule has 2 nitrogen and oxygen atoms in total. The molecule has 2 N–H and O–H groups in total. The molecular formula is C6H14N2. The summed E-state index contributed by atoms with van der Waals surface area (Å²) in [5.74, 6) is 0. The summed E-state index contributed by atoms with van der Waals surface area (Å²) in [5.41, 5.74) is 2.38. The molecule has 0 aliphatic carbocycles. The van der Waals surface area contributed by atoms with Crippen molar-refractivity contribution in [2.45, 2.75) is 13.8 Å². The minimum atomic E-state index is 1.19. The number of hydrogen-bond acceptors (Lipinski definition) is 2. The molecule has 0 radical (unpaired) electrons. The largest absolute Gasteiger partial charge is 0.390 e. The van der Waals surface area contributed by atoms with Crippen molar-refractivity contribution in [3.63, 3.8) is 0 Å². The van der Waals surface area contributed by atoms with Gasteiger partial charge in [-0.3, -0.25) is 0 Å². The van der Waals surface area contributed by atoms with Crippen molar-refractivity contribution in [1.82, 2.24) is 10.6 Å². The third-order valence-electron chi connectivity index (χ3n) is 1.31. The molecule has 0 aromatic rings. The van der Waals surface area contributed by atoms with Crippen LogP contribution < -0.4 is 10.6 Å². The maximum atomic E-state index is 3.03. The molecule has 2 heteroatoms. The van der Waals surface area contributed by atoms with Gasteiger partial charge in [0.2, 0.25) is 0 Å². The maximum absolute atomic E-state index is 3.03. The Morgan fingerprint density at radius 2 is 1.12 bits per heavy atom. The van der Waals surface area contributed by atoms with Crippen LogP contribution in [0.5, 0.6) is 0 Å². The molecule has 48 valence electrons. The van der Waals surface area contributed by atoms with Gasteiger partial charge in [-0.05, 0) is 13.8 Å². The molecular weight excluding hydrogens is 100 g/mol. The summed E-state index contributed by atoms with van der Waals surface area (Å²) >= 11 is 0. The monoisotopic (exact) mass is 114 g/mol. The fraction of sp³-hybridized carbons (Fsp3) is 0.667. The van der Waals surface area contributed by atoms with Gasteiger partial charge in [-0.2, -0.15) is 0 Å². The van der Waals surface area contributed by atoms with E-state index in [0.29, 0.717) is 0 Å². The molecule has 0 fully saturated rings. The molecule has 0 spiro atoms. The third-order valence-corrected chi connectivity index (χ3v) is 1.31. The number of nitrogens with one attached hydrogen (secondary N) is 2. The van der Waals surface area contributed by atoms with E-state index in [1.807, 2.05) is 27.9 Å². The zero-order valence-electron chi connectivity index (χ0n) is 6.00. The van der Waals surface area contributed by atoms with Crippen molar-refractivity contribution in [3.05, 3.63) is 11.4 Å².